The molecule has 0 aromatic heterocycles. The molecule has 214 valence electrons. The molecule has 2 rings (SSSR count). The summed E-state index contributed by atoms with van der Waals surface area (Å²) in [5, 5.41) is 2.64. The Morgan fingerprint density at radius 3 is 2.15 bits per heavy atom. The fraction of sp³-hybridized carbons (Fsp3) is 0.483. The van der Waals surface area contributed by atoms with Crippen molar-refractivity contribution in [3.63, 3.8) is 0 Å². The predicted molar refractivity (Wildman–Crippen MR) is 149 cm³/mol. The van der Waals surface area contributed by atoms with Crippen LogP contribution in [-0.2, 0) is 36.9 Å². The second kappa shape index (κ2) is 16.5. The van der Waals surface area contributed by atoms with Crippen LogP contribution in [0.4, 0.5) is 0 Å². The van der Waals surface area contributed by atoms with Crippen LogP contribution in [0.5, 0.6) is 5.75 Å². The maximum atomic E-state index is 13.8. The van der Waals surface area contributed by atoms with Crippen molar-refractivity contribution in [3.05, 3.63) is 65.7 Å². The fourth-order valence-electron chi connectivity index (χ4n) is 3.85. The van der Waals surface area contributed by atoms with Gasteiger partial charge in [-0.1, -0.05) is 49.4 Å². The highest BCUT2D eigenvalue weighted by atomic mass is 16.5. The lowest BCUT2D eigenvalue weighted by Crippen LogP contribution is -2.56. The van der Waals surface area contributed by atoms with Crippen LogP contribution in [0.15, 0.2) is 54.6 Å². The Morgan fingerprint density at radius 2 is 1.56 bits per heavy atom. The van der Waals surface area contributed by atoms with Crippen LogP contribution in [0, 0.1) is 0 Å². The number of nitrogens with two attached hydrogens (primary N) is 1. The first kappa shape index (κ1) is 31.7. The number of ether oxygens (including phenoxy) is 3. The highest BCUT2D eigenvalue weighted by Crippen LogP contribution is 2.16. The Balaban J connectivity index is 2.21. The number of benzene rings is 2. The van der Waals surface area contributed by atoms with Crippen molar-refractivity contribution in [2.24, 2.45) is 5.73 Å². The molecule has 0 fully saturated rings. The number of nitrogens with zero attached hydrogens (tertiary/aromatic N) is 2. The first-order valence-electron chi connectivity index (χ1n) is 13.0. The molecule has 0 aliphatic carbocycles. The maximum Gasteiger partial charge on any atom is 0.249 e. The van der Waals surface area contributed by atoms with Gasteiger partial charge < -0.3 is 35.1 Å². The monoisotopic (exact) mass is 542 g/mol. The molecule has 0 heterocycles. The Morgan fingerprint density at radius 1 is 0.897 bits per heavy atom. The second-order valence-electron chi connectivity index (χ2n) is 9.34. The minimum Gasteiger partial charge on any atom is -0.497 e. The number of likely N-dealkylation sites (N-methyl/N-ethyl adjacent to an activating group) is 3. The van der Waals surface area contributed by atoms with E-state index in [0.717, 1.165) is 17.5 Å². The number of methoxy groups -OCH3 is 1. The number of carbonyl (C=O) groups excluding carboxylic acids is 3. The van der Waals surface area contributed by atoms with Gasteiger partial charge in [-0.3, -0.25) is 14.4 Å². The summed E-state index contributed by atoms with van der Waals surface area (Å²) in [6.07, 6.45) is 0.998. The van der Waals surface area contributed by atoms with E-state index in [-0.39, 0.29) is 50.7 Å². The molecule has 2 aromatic carbocycles. The number of rotatable bonds is 16. The zero-order valence-electron chi connectivity index (χ0n) is 23.6. The van der Waals surface area contributed by atoms with Crippen molar-refractivity contribution in [1.82, 2.24) is 15.1 Å². The van der Waals surface area contributed by atoms with Crippen molar-refractivity contribution < 1.29 is 28.6 Å². The molecule has 0 spiro atoms. The Labute approximate surface area is 231 Å². The summed E-state index contributed by atoms with van der Waals surface area (Å²) in [7, 11) is 6.20. The van der Waals surface area contributed by atoms with Gasteiger partial charge in [-0.25, -0.2) is 0 Å². The van der Waals surface area contributed by atoms with Gasteiger partial charge in [-0.05, 0) is 29.7 Å². The largest absolute Gasteiger partial charge is 0.497 e. The number of hydrogen-bond acceptors (Lipinski definition) is 7. The number of hydrogen-bond donors (Lipinski definition) is 2. The Hall–Kier alpha value is -3.47. The van der Waals surface area contributed by atoms with Crippen LogP contribution in [-0.4, -0.2) is 93.7 Å². The smallest absolute Gasteiger partial charge is 0.249 e. The molecule has 0 radical (unpaired) electrons. The van der Waals surface area contributed by atoms with Crippen LogP contribution < -0.4 is 15.8 Å². The summed E-state index contributed by atoms with van der Waals surface area (Å²) in [5.74, 6) is -0.444. The molecular formula is C29H42N4O6. The first-order valence-corrected chi connectivity index (χ1v) is 13.0. The summed E-state index contributed by atoms with van der Waals surface area (Å²) < 4.78 is 16.6. The van der Waals surface area contributed by atoms with E-state index < -0.39 is 18.0 Å². The third-order valence-corrected chi connectivity index (χ3v) is 6.57. The van der Waals surface area contributed by atoms with Crippen molar-refractivity contribution >= 4 is 17.7 Å². The van der Waals surface area contributed by atoms with Gasteiger partial charge in [-0.2, -0.15) is 0 Å². The molecule has 3 atom stereocenters. The minimum atomic E-state index is -0.974. The van der Waals surface area contributed by atoms with E-state index in [1.165, 1.54) is 23.9 Å². The number of carbonyl (C=O) groups is 3. The molecule has 0 saturated heterocycles. The summed E-state index contributed by atoms with van der Waals surface area (Å²) >= 11 is 0. The third kappa shape index (κ3) is 9.97. The average Bonchev–Trinajstić information content (AvgIpc) is 2.97. The van der Waals surface area contributed by atoms with Gasteiger partial charge in [0, 0.05) is 33.6 Å². The van der Waals surface area contributed by atoms with E-state index in [9.17, 15) is 14.4 Å². The third-order valence-electron chi connectivity index (χ3n) is 6.57. The molecule has 3 amide bonds. The molecule has 1 unspecified atom stereocenters. The summed E-state index contributed by atoms with van der Waals surface area (Å²) in [4.78, 5) is 42.3. The summed E-state index contributed by atoms with van der Waals surface area (Å²) in [6, 6.07) is 14.9. The highest BCUT2D eigenvalue weighted by molar-refractivity contribution is 5.92. The topological polar surface area (TPSA) is 123 Å². The zero-order valence-corrected chi connectivity index (χ0v) is 23.6. The van der Waals surface area contributed by atoms with Crippen LogP contribution in [0.25, 0.3) is 0 Å². The van der Waals surface area contributed by atoms with Gasteiger partial charge in [0.15, 0.2) is 0 Å². The first-order chi connectivity index (χ1) is 18.7. The number of amides is 3. The fourth-order valence-corrected chi connectivity index (χ4v) is 3.85. The van der Waals surface area contributed by atoms with Gasteiger partial charge in [0.1, 0.15) is 24.4 Å². The number of nitrogens with one attached hydrogen (secondary N) is 1. The van der Waals surface area contributed by atoms with E-state index in [2.05, 4.69) is 5.32 Å². The SMILES string of the molecule is CCC(N)COCC(=O)N(C)[C@H](COCc1ccccc1)C(=O)N(C)[C@H](Cc1ccc(OC)cc1)C(=O)NC. The lowest BCUT2D eigenvalue weighted by molar-refractivity contribution is -0.151. The van der Waals surface area contributed by atoms with Crippen molar-refractivity contribution in [1.29, 1.82) is 0 Å². The van der Waals surface area contributed by atoms with E-state index in [1.54, 1.807) is 26.3 Å². The molecule has 39 heavy (non-hydrogen) atoms. The van der Waals surface area contributed by atoms with Crippen LogP contribution in [0.1, 0.15) is 24.5 Å². The molecule has 0 aliphatic rings. The molecule has 2 aromatic rings. The van der Waals surface area contributed by atoms with Gasteiger partial charge in [0.05, 0.1) is 26.9 Å². The van der Waals surface area contributed by atoms with Gasteiger partial charge >= 0.3 is 0 Å². The summed E-state index contributed by atoms with van der Waals surface area (Å²) in [6.45, 7) is 2.16. The molecule has 0 aliphatic heterocycles. The van der Waals surface area contributed by atoms with Gasteiger partial charge in [0.25, 0.3) is 0 Å². The molecule has 10 nitrogen and oxygen atoms in total. The zero-order chi connectivity index (χ0) is 28.8. The van der Waals surface area contributed by atoms with Gasteiger partial charge in [0.2, 0.25) is 17.7 Å². The van der Waals surface area contributed by atoms with Crippen molar-refractivity contribution in [2.75, 3.05) is 48.1 Å². The predicted octanol–water partition coefficient (Wildman–Crippen LogP) is 1.61. The molecule has 10 heteroatoms. The highest BCUT2D eigenvalue weighted by Gasteiger charge is 2.35. The maximum absolute atomic E-state index is 13.8. The normalized spacial score (nSPS) is 13.2. The average molecular weight is 543 g/mol. The van der Waals surface area contributed by atoms with Crippen LogP contribution in [0.2, 0.25) is 0 Å². The van der Waals surface area contributed by atoms with Crippen LogP contribution >= 0.6 is 0 Å². The standard InChI is InChI=1S/C29H42N4O6/c1-6-23(30)18-39-20-27(34)32(3)26(19-38-17-22-10-8-7-9-11-22)29(36)33(4)25(28(35)31-2)16-21-12-14-24(37-5)15-13-21/h7-15,23,25-26H,6,16-20,30H2,1-5H3,(H,31,35)/t23?,25-,26-/m1/s1. The second-order valence-corrected chi connectivity index (χ2v) is 9.34. The minimum absolute atomic E-state index is 0.0578. The Kier molecular flexibility index (Phi) is 13.4. The van der Waals surface area contributed by atoms with Crippen molar-refractivity contribution in [2.45, 2.75) is 44.5 Å². The van der Waals surface area contributed by atoms with E-state index >= 15 is 0 Å². The quantitative estimate of drug-likeness (QED) is 0.330. The molecular weight excluding hydrogens is 500 g/mol. The van der Waals surface area contributed by atoms with E-state index in [0.29, 0.717) is 5.75 Å². The van der Waals surface area contributed by atoms with Gasteiger partial charge in [-0.15, -0.1) is 0 Å². The molecule has 0 bridgehead atoms. The summed E-state index contributed by atoms with van der Waals surface area (Å²) in [5.41, 5.74) is 7.67. The van der Waals surface area contributed by atoms with Crippen molar-refractivity contribution in [3.8, 4) is 5.75 Å². The lowest BCUT2D eigenvalue weighted by atomic mass is 10.0. The Bertz CT molecular complexity index is 1030. The van der Waals surface area contributed by atoms with E-state index in [1.807, 2.05) is 49.4 Å². The molecule has 0 saturated carbocycles. The lowest BCUT2D eigenvalue weighted by Gasteiger charge is -2.34. The van der Waals surface area contributed by atoms with E-state index in [4.69, 9.17) is 19.9 Å². The molecule has 3 N–H and O–H groups in total. The van der Waals surface area contributed by atoms with Crippen LogP contribution in [0.3, 0.4) is 0 Å².